The van der Waals surface area contributed by atoms with Gasteiger partial charge in [-0.15, -0.1) is 0 Å². The van der Waals surface area contributed by atoms with Crippen molar-refractivity contribution in [2.45, 2.75) is 72.1 Å². The smallest absolute Gasteiger partial charge is 0.332 e. The Balaban J connectivity index is 3.23. The molecule has 0 aliphatic heterocycles. The van der Waals surface area contributed by atoms with Crippen molar-refractivity contribution in [2.24, 2.45) is 5.92 Å². The van der Waals surface area contributed by atoms with Crippen LogP contribution < -0.4 is 4.74 Å². The molecule has 0 bridgehead atoms. The normalized spacial score (nSPS) is 13.6. The number of benzene rings is 1. The molecule has 0 aliphatic carbocycles. The van der Waals surface area contributed by atoms with Gasteiger partial charge in [0.25, 0.3) is 0 Å². The van der Waals surface area contributed by atoms with Gasteiger partial charge in [-0.05, 0) is 63.8 Å². The maximum atomic E-state index is 13.5. The lowest BCUT2D eigenvalue weighted by Crippen LogP contribution is -2.46. The number of carbonyl (C=O) groups is 1. The molecule has 0 N–H and O–H groups in total. The van der Waals surface area contributed by atoms with Crippen LogP contribution in [0.3, 0.4) is 0 Å². The SMILES string of the molecule is CCN(C(OCC(=O)OC(C)(C)C)C(C)C)S(=O)(=O)c1c(C)cc(OC)cc1C. The van der Waals surface area contributed by atoms with Gasteiger partial charge in [0.1, 0.15) is 24.2 Å². The summed E-state index contributed by atoms with van der Waals surface area (Å²) in [5.74, 6) is -0.108. The van der Waals surface area contributed by atoms with Crippen LogP contribution in [0.15, 0.2) is 17.0 Å². The maximum absolute atomic E-state index is 13.5. The molecule has 0 saturated carbocycles. The molecular formula is C21H35NO6S. The Labute approximate surface area is 175 Å². The highest BCUT2D eigenvalue weighted by Crippen LogP contribution is 2.30. The molecule has 0 saturated heterocycles. The van der Waals surface area contributed by atoms with Gasteiger partial charge in [-0.3, -0.25) is 0 Å². The number of sulfonamides is 1. The van der Waals surface area contributed by atoms with E-state index in [2.05, 4.69) is 0 Å². The van der Waals surface area contributed by atoms with E-state index in [-0.39, 0.29) is 24.0 Å². The summed E-state index contributed by atoms with van der Waals surface area (Å²) in [5, 5.41) is 0. The second kappa shape index (κ2) is 9.91. The minimum Gasteiger partial charge on any atom is -0.497 e. The minimum atomic E-state index is -3.86. The topological polar surface area (TPSA) is 82.1 Å². The van der Waals surface area contributed by atoms with E-state index in [4.69, 9.17) is 14.2 Å². The fourth-order valence-corrected chi connectivity index (χ4v) is 5.26. The summed E-state index contributed by atoms with van der Waals surface area (Å²) in [4.78, 5) is 12.3. The van der Waals surface area contributed by atoms with Gasteiger partial charge in [-0.1, -0.05) is 20.8 Å². The predicted molar refractivity (Wildman–Crippen MR) is 112 cm³/mol. The van der Waals surface area contributed by atoms with Crippen LogP contribution in [0.2, 0.25) is 0 Å². The standard InChI is InChI=1S/C21H35NO6S/c1-10-22(20(14(2)3)27-13-18(23)28-21(6,7)8)29(24,25)19-15(4)11-17(26-9)12-16(19)5/h11-12,14,20H,10,13H2,1-9H3. The van der Waals surface area contributed by atoms with Crippen LogP contribution in [0, 0.1) is 19.8 Å². The first kappa shape index (κ1) is 25.4. The van der Waals surface area contributed by atoms with Gasteiger partial charge in [-0.25, -0.2) is 13.2 Å². The molecule has 0 amide bonds. The first-order valence-corrected chi connectivity index (χ1v) is 11.2. The van der Waals surface area contributed by atoms with Gasteiger partial charge in [0.05, 0.1) is 12.0 Å². The lowest BCUT2D eigenvalue weighted by molar-refractivity contribution is -0.166. The maximum Gasteiger partial charge on any atom is 0.332 e. The summed E-state index contributed by atoms with van der Waals surface area (Å²) in [7, 11) is -2.32. The van der Waals surface area contributed by atoms with Gasteiger partial charge >= 0.3 is 5.97 Å². The highest BCUT2D eigenvalue weighted by Gasteiger charge is 2.35. The highest BCUT2D eigenvalue weighted by atomic mass is 32.2. The summed E-state index contributed by atoms with van der Waals surface area (Å²) in [6.45, 7) is 14.1. The summed E-state index contributed by atoms with van der Waals surface area (Å²) in [6.07, 6.45) is -0.807. The average Bonchev–Trinajstić information content (AvgIpc) is 2.55. The number of nitrogens with zero attached hydrogens (tertiary/aromatic N) is 1. The molecular weight excluding hydrogens is 394 g/mol. The van der Waals surface area contributed by atoms with Gasteiger partial charge in [0, 0.05) is 6.54 Å². The van der Waals surface area contributed by atoms with Crippen LogP contribution >= 0.6 is 0 Å². The quantitative estimate of drug-likeness (QED) is 0.440. The summed E-state index contributed by atoms with van der Waals surface area (Å²) < 4.78 is 44.6. The molecule has 1 atom stereocenters. The second-order valence-electron chi connectivity index (χ2n) is 8.33. The molecule has 7 nitrogen and oxygen atoms in total. The lowest BCUT2D eigenvalue weighted by atomic mass is 10.1. The van der Waals surface area contributed by atoms with Crippen molar-refractivity contribution < 1.29 is 27.4 Å². The third kappa shape index (κ3) is 6.69. The van der Waals surface area contributed by atoms with E-state index in [0.29, 0.717) is 16.9 Å². The lowest BCUT2D eigenvalue weighted by Gasteiger charge is -2.33. The van der Waals surface area contributed by atoms with Gasteiger partial charge in [-0.2, -0.15) is 4.31 Å². The van der Waals surface area contributed by atoms with Crippen molar-refractivity contribution >= 4 is 16.0 Å². The number of esters is 1. The largest absolute Gasteiger partial charge is 0.497 e. The Morgan fingerprint density at radius 3 is 2.03 bits per heavy atom. The van der Waals surface area contributed by atoms with Crippen LogP contribution in [0.1, 0.15) is 52.7 Å². The fraction of sp³-hybridized carbons (Fsp3) is 0.667. The number of hydrogen-bond donors (Lipinski definition) is 0. The van der Waals surface area contributed by atoms with Crippen LogP contribution in [0.4, 0.5) is 0 Å². The van der Waals surface area contributed by atoms with E-state index in [1.807, 2.05) is 13.8 Å². The summed E-state index contributed by atoms with van der Waals surface area (Å²) >= 11 is 0. The first-order valence-electron chi connectivity index (χ1n) is 9.75. The predicted octanol–water partition coefficient (Wildman–Crippen LogP) is 3.66. The van der Waals surface area contributed by atoms with Crippen molar-refractivity contribution in [2.75, 3.05) is 20.3 Å². The molecule has 0 heterocycles. The monoisotopic (exact) mass is 429 g/mol. The molecule has 0 aliphatic rings. The van der Waals surface area contributed by atoms with Crippen LogP contribution in [-0.2, 0) is 24.3 Å². The molecule has 1 unspecified atom stereocenters. The molecule has 0 radical (unpaired) electrons. The number of aryl methyl sites for hydroxylation is 2. The zero-order valence-corrected chi connectivity index (χ0v) is 19.8. The molecule has 0 fully saturated rings. The Kier molecular flexibility index (Phi) is 8.68. The zero-order valence-electron chi connectivity index (χ0n) is 19.0. The Morgan fingerprint density at radius 1 is 1.14 bits per heavy atom. The molecule has 1 rings (SSSR count). The van der Waals surface area contributed by atoms with E-state index in [9.17, 15) is 13.2 Å². The molecule has 1 aromatic carbocycles. The Bertz CT molecular complexity index is 788. The number of ether oxygens (including phenoxy) is 3. The van der Waals surface area contributed by atoms with Crippen LogP contribution in [0.25, 0.3) is 0 Å². The molecule has 0 spiro atoms. The van der Waals surface area contributed by atoms with E-state index in [1.54, 1.807) is 60.8 Å². The minimum absolute atomic E-state index is 0.175. The van der Waals surface area contributed by atoms with Gasteiger partial charge in [0.15, 0.2) is 0 Å². The molecule has 0 aromatic heterocycles. The molecule has 1 aromatic rings. The van der Waals surface area contributed by atoms with Gasteiger partial charge < -0.3 is 14.2 Å². The third-order valence-corrected chi connectivity index (χ3v) is 6.44. The van der Waals surface area contributed by atoms with Crippen molar-refractivity contribution in [3.05, 3.63) is 23.3 Å². The number of rotatable bonds is 9. The number of hydrogen-bond acceptors (Lipinski definition) is 6. The highest BCUT2D eigenvalue weighted by molar-refractivity contribution is 7.89. The van der Waals surface area contributed by atoms with Crippen molar-refractivity contribution in [3.8, 4) is 5.75 Å². The average molecular weight is 430 g/mol. The number of carbonyl (C=O) groups excluding carboxylic acids is 1. The molecule has 166 valence electrons. The van der Waals surface area contributed by atoms with E-state index in [0.717, 1.165) is 0 Å². The summed E-state index contributed by atoms with van der Waals surface area (Å²) in [6, 6.07) is 3.39. The first-order chi connectivity index (χ1) is 13.2. The Hall–Kier alpha value is -1.64. The number of methoxy groups -OCH3 is 1. The summed E-state index contributed by atoms with van der Waals surface area (Å²) in [5.41, 5.74) is 0.548. The second-order valence-corrected chi connectivity index (χ2v) is 10.2. The van der Waals surface area contributed by atoms with Crippen molar-refractivity contribution in [3.63, 3.8) is 0 Å². The zero-order chi connectivity index (χ0) is 22.6. The molecule has 29 heavy (non-hydrogen) atoms. The van der Waals surface area contributed by atoms with Crippen molar-refractivity contribution in [1.29, 1.82) is 0 Å². The third-order valence-electron chi connectivity index (χ3n) is 4.19. The van der Waals surface area contributed by atoms with Crippen molar-refractivity contribution in [1.82, 2.24) is 4.31 Å². The van der Waals surface area contributed by atoms with Crippen LogP contribution in [0.5, 0.6) is 5.75 Å². The fourth-order valence-electron chi connectivity index (χ4n) is 3.17. The van der Waals surface area contributed by atoms with E-state index in [1.165, 1.54) is 4.31 Å². The van der Waals surface area contributed by atoms with E-state index >= 15 is 0 Å². The van der Waals surface area contributed by atoms with Gasteiger partial charge in [0.2, 0.25) is 10.0 Å². The Morgan fingerprint density at radius 2 is 1.66 bits per heavy atom. The van der Waals surface area contributed by atoms with Crippen LogP contribution in [-0.4, -0.2) is 50.8 Å². The van der Waals surface area contributed by atoms with E-state index < -0.39 is 27.8 Å². The molecule has 8 heteroatoms.